The van der Waals surface area contributed by atoms with Gasteiger partial charge < -0.3 is 26.6 Å². The molecule has 2 aromatic heterocycles. The smallest absolute Gasteiger partial charge is 0.256 e. The number of benzene rings is 2. The Morgan fingerprint density at radius 2 is 1.72 bits per heavy atom. The van der Waals surface area contributed by atoms with Gasteiger partial charge in [0.25, 0.3) is 5.91 Å². The van der Waals surface area contributed by atoms with Gasteiger partial charge in [0.05, 0.1) is 5.69 Å². The van der Waals surface area contributed by atoms with Crippen molar-refractivity contribution in [2.75, 3.05) is 16.4 Å². The molecule has 0 saturated carbocycles. The van der Waals surface area contributed by atoms with Gasteiger partial charge in [-0.1, -0.05) is 53.7 Å². The van der Waals surface area contributed by atoms with Crippen LogP contribution in [0.5, 0.6) is 0 Å². The SMILES string of the molecule is NC(=O)c1c(Cc2ccccc2NC(=S)Nc2ccc(-c3ccccc3)nn2)noc1N. The van der Waals surface area contributed by atoms with Crippen LogP contribution in [-0.2, 0) is 6.42 Å². The maximum atomic E-state index is 11.7. The lowest BCUT2D eigenvalue weighted by molar-refractivity contribution is 0.1000. The van der Waals surface area contributed by atoms with Crippen molar-refractivity contribution in [2.24, 2.45) is 5.73 Å². The fourth-order valence-electron chi connectivity index (χ4n) is 3.13. The van der Waals surface area contributed by atoms with Gasteiger partial charge in [0.2, 0.25) is 5.88 Å². The molecule has 4 aromatic rings. The summed E-state index contributed by atoms with van der Waals surface area (Å²) >= 11 is 5.42. The molecular formula is C22H19N7O2S. The molecule has 1 amide bonds. The molecule has 0 atom stereocenters. The molecule has 0 aliphatic rings. The number of hydrogen-bond donors (Lipinski definition) is 4. The van der Waals surface area contributed by atoms with Gasteiger partial charge in [-0.05, 0) is 36.0 Å². The Kier molecular flexibility index (Phi) is 6.04. The summed E-state index contributed by atoms with van der Waals surface area (Å²) in [7, 11) is 0. The highest BCUT2D eigenvalue weighted by molar-refractivity contribution is 7.80. The number of aromatic nitrogens is 3. The molecule has 160 valence electrons. The van der Waals surface area contributed by atoms with Crippen molar-refractivity contribution in [2.45, 2.75) is 6.42 Å². The minimum Gasteiger partial charge on any atom is -0.367 e. The molecule has 2 heterocycles. The average molecular weight is 446 g/mol. The normalized spacial score (nSPS) is 10.5. The number of primary amides is 1. The zero-order valence-electron chi connectivity index (χ0n) is 16.8. The largest absolute Gasteiger partial charge is 0.367 e. The molecule has 0 saturated heterocycles. The third-order valence-electron chi connectivity index (χ3n) is 4.63. The van der Waals surface area contributed by atoms with Crippen LogP contribution in [0.1, 0.15) is 21.6 Å². The van der Waals surface area contributed by atoms with Crippen LogP contribution >= 0.6 is 12.2 Å². The molecule has 4 rings (SSSR count). The van der Waals surface area contributed by atoms with Gasteiger partial charge in [0, 0.05) is 17.7 Å². The number of nitrogens with zero attached hydrogens (tertiary/aromatic N) is 3. The summed E-state index contributed by atoms with van der Waals surface area (Å²) in [5.41, 5.74) is 14.8. The molecule has 32 heavy (non-hydrogen) atoms. The van der Waals surface area contributed by atoms with Crippen LogP contribution in [-0.4, -0.2) is 26.4 Å². The summed E-state index contributed by atoms with van der Waals surface area (Å²) < 4.78 is 4.92. The Hall–Kier alpha value is -4.31. The second-order valence-electron chi connectivity index (χ2n) is 6.82. The second kappa shape index (κ2) is 9.23. The van der Waals surface area contributed by atoms with E-state index in [1.807, 2.05) is 60.7 Å². The van der Waals surface area contributed by atoms with E-state index in [1.165, 1.54) is 0 Å². The molecular weight excluding hydrogens is 426 g/mol. The predicted octanol–water partition coefficient (Wildman–Crippen LogP) is 3.21. The highest BCUT2D eigenvalue weighted by Crippen LogP contribution is 2.24. The standard InChI is InChI=1S/C22H19N7O2S/c23-20(30)19-17(29-31-21(19)24)12-14-8-4-5-9-15(14)25-22(32)26-18-11-10-16(27-28-18)13-6-2-1-3-7-13/h1-11H,12,24H2,(H2,23,30)(H2,25,26,28,32). The van der Waals surface area contributed by atoms with E-state index in [9.17, 15) is 4.79 Å². The van der Waals surface area contributed by atoms with Crippen molar-refractivity contribution in [1.29, 1.82) is 0 Å². The molecule has 9 nitrogen and oxygen atoms in total. The van der Waals surface area contributed by atoms with Gasteiger partial charge in [0.1, 0.15) is 11.3 Å². The molecule has 6 N–H and O–H groups in total. The van der Waals surface area contributed by atoms with Crippen LogP contribution in [0.4, 0.5) is 17.4 Å². The minimum atomic E-state index is -0.695. The first-order valence-corrected chi connectivity index (χ1v) is 10.0. The van der Waals surface area contributed by atoms with Crippen LogP contribution in [0.2, 0.25) is 0 Å². The number of hydrogen-bond acceptors (Lipinski definition) is 7. The average Bonchev–Trinajstić information content (AvgIpc) is 3.16. The number of amides is 1. The van der Waals surface area contributed by atoms with E-state index in [-0.39, 0.29) is 17.9 Å². The van der Waals surface area contributed by atoms with Crippen LogP contribution < -0.4 is 22.1 Å². The van der Waals surface area contributed by atoms with E-state index in [1.54, 1.807) is 6.07 Å². The Morgan fingerprint density at radius 3 is 2.44 bits per heavy atom. The summed E-state index contributed by atoms with van der Waals surface area (Å²) in [5.74, 6) is -0.300. The fourth-order valence-corrected chi connectivity index (χ4v) is 3.35. The van der Waals surface area contributed by atoms with Crippen molar-refractivity contribution < 1.29 is 9.32 Å². The number of rotatable bonds is 6. The lowest BCUT2D eigenvalue weighted by Gasteiger charge is -2.13. The number of nitrogens with two attached hydrogens (primary N) is 2. The van der Waals surface area contributed by atoms with Crippen LogP contribution in [0.25, 0.3) is 11.3 Å². The fraction of sp³-hybridized carbons (Fsp3) is 0.0455. The van der Waals surface area contributed by atoms with Crippen molar-refractivity contribution in [1.82, 2.24) is 15.4 Å². The molecule has 0 fully saturated rings. The summed E-state index contributed by atoms with van der Waals surface area (Å²) in [5, 5.41) is 18.7. The van der Waals surface area contributed by atoms with Crippen molar-refractivity contribution in [3.63, 3.8) is 0 Å². The molecule has 0 aliphatic heterocycles. The van der Waals surface area contributed by atoms with E-state index < -0.39 is 5.91 Å². The van der Waals surface area contributed by atoms with Crippen LogP contribution in [0.15, 0.2) is 71.3 Å². The molecule has 0 bridgehead atoms. The van der Waals surface area contributed by atoms with Crippen molar-refractivity contribution in [3.8, 4) is 11.3 Å². The van der Waals surface area contributed by atoms with E-state index in [0.717, 1.165) is 22.5 Å². The molecule has 0 radical (unpaired) electrons. The Morgan fingerprint density at radius 1 is 0.969 bits per heavy atom. The Bertz CT molecular complexity index is 1260. The van der Waals surface area contributed by atoms with Gasteiger partial charge in [-0.25, -0.2) is 0 Å². The quantitative estimate of drug-likeness (QED) is 0.329. The van der Waals surface area contributed by atoms with Crippen LogP contribution in [0, 0.1) is 0 Å². The molecule has 0 spiro atoms. The van der Waals surface area contributed by atoms with E-state index in [0.29, 0.717) is 16.6 Å². The van der Waals surface area contributed by atoms with Gasteiger partial charge in [-0.3, -0.25) is 4.79 Å². The van der Waals surface area contributed by atoms with Gasteiger partial charge in [-0.2, -0.15) is 0 Å². The number of anilines is 3. The predicted molar refractivity (Wildman–Crippen MR) is 126 cm³/mol. The van der Waals surface area contributed by atoms with Crippen molar-refractivity contribution >= 4 is 40.6 Å². The lowest BCUT2D eigenvalue weighted by Crippen LogP contribution is -2.21. The summed E-state index contributed by atoms with van der Waals surface area (Å²) in [6.45, 7) is 0. The number of carbonyl (C=O) groups is 1. The maximum Gasteiger partial charge on any atom is 0.256 e. The lowest BCUT2D eigenvalue weighted by atomic mass is 10.0. The maximum absolute atomic E-state index is 11.7. The second-order valence-corrected chi connectivity index (χ2v) is 7.22. The van der Waals surface area contributed by atoms with Gasteiger partial charge in [0.15, 0.2) is 10.9 Å². The van der Waals surface area contributed by atoms with E-state index >= 15 is 0 Å². The minimum absolute atomic E-state index is 0.0780. The number of thiocarbonyl (C=S) groups is 1. The number of para-hydroxylation sites is 1. The number of nitrogen functional groups attached to an aromatic ring is 1. The van der Waals surface area contributed by atoms with Gasteiger partial charge in [-0.15, -0.1) is 10.2 Å². The first-order valence-electron chi connectivity index (χ1n) is 9.60. The van der Waals surface area contributed by atoms with Crippen LogP contribution in [0.3, 0.4) is 0 Å². The Balaban J connectivity index is 1.46. The van der Waals surface area contributed by atoms with E-state index in [4.69, 9.17) is 28.2 Å². The topological polar surface area (TPSA) is 145 Å². The number of carbonyl (C=O) groups excluding carboxylic acids is 1. The highest BCUT2D eigenvalue weighted by Gasteiger charge is 2.20. The molecule has 0 unspecified atom stereocenters. The third kappa shape index (κ3) is 4.71. The molecule has 2 aromatic carbocycles. The van der Waals surface area contributed by atoms with E-state index in [2.05, 4.69) is 26.0 Å². The van der Waals surface area contributed by atoms with Crippen molar-refractivity contribution in [3.05, 3.63) is 83.6 Å². The molecule has 0 aliphatic carbocycles. The van der Waals surface area contributed by atoms with Gasteiger partial charge >= 0.3 is 0 Å². The molecule has 10 heteroatoms. The summed E-state index contributed by atoms with van der Waals surface area (Å²) in [4.78, 5) is 11.7. The number of nitrogens with one attached hydrogen (secondary N) is 2. The zero-order valence-corrected chi connectivity index (χ0v) is 17.6. The zero-order chi connectivity index (χ0) is 22.5. The first-order chi connectivity index (χ1) is 15.5. The summed E-state index contributed by atoms with van der Waals surface area (Å²) in [6, 6.07) is 20.9. The highest BCUT2D eigenvalue weighted by atomic mass is 32.1. The monoisotopic (exact) mass is 445 g/mol. The Labute approximate surface area is 188 Å². The first kappa shape index (κ1) is 20.9. The third-order valence-corrected chi connectivity index (χ3v) is 4.84. The summed E-state index contributed by atoms with van der Waals surface area (Å²) in [6.07, 6.45) is 0.274.